The number of carboxylic acid groups (broad SMARTS) is 1. The lowest BCUT2D eigenvalue weighted by Gasteiger charge is -2.35. The molecule has 2 rings (SSSR count). The number of likely N-dealkylation sites (tertiary alicyclic amines) is 1. The summed E-state index contributed by atoms with van der Waals surface area (Å²) in [5.41, 5.74) is 0.406. The summed E-state index contributed by atoms with van der Waals surface area (Å²) >= 11 is 0. The summed E-state index contributed by atoms with van der Waals surface area (Å²) in [6, 6.07) is 2.90. The van der Waals surface area contributed by atoms with Crippen molar-refractivity contribution in [1.82, 2.24) is 9.88 Å². The number of carbonyl (C=O) groups is 2. The summed E-state index contributed by atoms with van der Waals surface area (Å²) in [5.74, 6) is -0.0249. The van der Waals surface area contributed by atoms with Crippen molar-refractivity contribution in [3.8, 4) is 0 Å². The third-order valence-electron chi connectivity index (χ3n) is 3.85. The van der Waals surface area contributed by atoms with E-state index in [0.717, 1.165) is 19.5 Å². The lowest BCUT2D eigenvalue weighted by molar-refractivity contribution is 0.0624. The number of aromatic nitrogens is 1. The summed E-state index contributed by atoms with van der Waals surface area (Å²) in [4.78, 5) is 28.6. The topological polar surface area (TPSA) is 70.5 Å². The van der Waals surface area contributed by atoms with Crippen molar-refractivity contribution in [2.75, 3.05) is 13.1 Å². The Morgan fingerprint density at radius 1 is 1.32 bits per heavy atom. The molecule has 2 atom stereocenters. The first kappa shape index (κ1) is 13.5. The van der Waals surface area contributed by atoms with Gasteiger partial charge in [-0.05, 0) is 30.4 Å². The zero-order valence-electron chi connectivity index (χ0n) is 11.2. The SMILES string of the molecule is CC1CCN(C(=O)c2ccc(C(=O)O)nc2)CC1C. The van der Waals surface area contributed by atoms with Crippen molar-refractivity contribution in [1.29, 1.82) is 0 Å². The quantitative estimate of drug-likeness (QED) is 0.883. The minimum atomic E-state index is -1.08. The highest BCUT2D eigenvalue weighted by Crippen LogP contribution is 2.23. The molecule has 0 saturated carbocycles. The third kappa shape index (κ3) is 2.92. The second-order valence-corrected chi connectivity index (χ2v) is 5.23. The van der Waals surface area contributed by atoms with Gasteiger partial charge in [0, 0.05) is 19.3 Å². The van der Waals surface area contributed by atoms with Crippen molar-refractivity contribution in [2.45, 2.75) is 20.3 Å². The monoisotopic (exact) mass is 262 g/mol. The third-order valence-corrected chi connectivity index (χ3v) is 3.85. The van der Waals surface area contributed by atoms with Gasteiger partial charge in [-0.2, -0.15) is 0 Å². The Labute approximate surface area is 112 Å². The summed E-state index contributed by atoms with van der Waals surface area (Å²) in [6.07, 6.45) is 2.35. The van der Waals surface area contributed by atoms with Gasteiger partial charge in [-0.15, -0.1) is 0 Å². The Bertz CT molecular complexity index is 484. The summed E-state index contributed by atoms with van der Waals surface area (Å²) in [7, 11) is 0. The van der Waals surface area contributed by atoms with Crippen molar-refractivity contribution in [2.24, 2.45) is 11.8 Å². The standard InChI is InChI=1S/C14H18N2O3/c1-9-5-6-16(8-10(9)2)13(17)11-3-4-12(14(18)19)15-7-11/h3-4,7,9-10H,5-6,8H2,1-2H3,(H,18,19). The van der Waals surface area contributed by atoms with Crippen LogP contribution in [0.2, 0.25) is 0 Å². The molecule has 0 bridgehead atoms. The highest BCUT2D eigenvalue weighted by Gasteiger charge is 2.26. The molecule has 0 aliphatic carbocycles. The number of rotatable bonds is 2. The van der Waals surface area contributed by atoms with Crippen molar-refractivity contribution in [3.63, 3.8) is 0 Å². The number of aromatic carboxylic acids is 1. The number of carbonyl (C=O) groups excluding carboxylic acids is 1. The molecular formula is C14H18N2O3. The number of hydrogen-bond donors (Lipinski definition) is 1. The fraction of sp³-hybridized carbons (Fsp3) is 0.500. The van der Waals surface area contributed by atoms with Gasteiger partial charge in [0.1, 0.15) is 5.69 Å². The summed E-state index contributed by atoms with van der Waals surface area (Å²) in [6.45, 7) is 5.86. The Morgan fingerprint density at radius 3 is 2.58 bits per heavy atom. The maximum absolute atomic E-state index is 12.3. The molecule has 1 N–H and O–H groups in total. The van der Waals surface area contributed by atoms with Crippen molar-refractivity contribution >= 4 is 11.9 Å². The molecule has 1 fully saturated rings. The Kier molecular flexibility index (Phi) is 3.83. The van der Waals surface area contributed by atoms with Gasteiger partial charge in [0.2, 0.25) is 0 Å². The lowest BCUT2D eigenvalue weighted by Crippen LogP contribution is -2.42. The van der Waals surface area contributed by atoms with Crippen LogP contribution in [-0.2, 0) is 0 Å². The number of amides is 1. The highest BCUT2D eigenvalue weighted by atomic mass is 16.4. The van der Waals surface area contributed by atoms with Crippen LogP contribution in [0, 0.1) is 11.8 Å². The fourth-order valence-corrected chi connectivity index (χ4v) is 2.28. The largest absolute Gasteiger partial charge is 0.477 e. The second kappa shape index (κ2) is 5.38. The van der Waals surface area contributed by atoms with Gasteiger partial charge in [-0.1, -0.05) is 13.8 Å². The van der Waals surface area contributed by atoms with Crippen LogP contribution in [0.4, 0.5) is 0 Å². The fourth-order valence-electron chi connectivity index (χ4n) is 2.28. The summed E-state index contributed by atoms with van der Waals surface area (Å²) < 4.78 is 0. The Morgan fingerprint density at radius 2 is 2.05 bits per heavy atom. The van der Waals surface area contributed by atoms with Gasteiger partial charge in [0.05, 0.1) is 5.56 Å². The zero-order valence-corrected chi connectivity index (χ0v) is 11.2. The Balaban J connectivity index is 2.09. The molecule has 102 valence electrons. The molecule has 0 spiro atoms. The van der Waals surface area contributed by atoms with E-state index in [9.17, 15) is 9.59 Å². The molecule has 1 aromatic rings. The number of hydrogen-bond acceptors (Lipinski definition) is 3. The van der Waals surface area contributed by atoms with E-state index >= 15 is 0 Å². The van der Waals surface area contributed by atoms with Crippen LogP contribution in [0.3, 0.4) is 0 Å². The van der Waals surface area contributed by atoms with E-state index in [1.54, 1.807) is 0 Å². The van der Waals surface area contributed by atoms with Gasteiger partial charge < -0.3 is 10.0 Å². The highest BCUT2D eigenvalue weighted by molar-refractivity contribution is 5.95. The van der Waals surface area contributed by atoms with Gasteiger partial charge in [-0.3, -0.25) is 4.79 Å². The molecule has 5 heteroatoms. The van der Waals surface area contributed by atoms with E-state index < -0.39 is 5.97 Å². The lowest BCUT2D eigenvalue weighted by atomic mass is 9.88. The molecule has 2 heterocycles. The molecule has 0 aromatic carbocycles. The van der Waals surface area contributed by atoms with Crippen LogP contribution in [0.15, 0.2) is 18.3 Å². The van der Waals surface area contributed by atoms with E-state index in [4.69, 9.17) is 5.11 Å². The molecule has 1 amide bonds. The van der Waals surface area contributed by atoms with Crippen LogP contribution in [0.25, 0.3) is 0 Å². The number of piperidine rings is 1. The van der Waals surface area contributed by atoms with Gasteiger partial charge in [0.25, 0.3) is 5.91 Å². The summed E-state index contributed by atoms with van der Waals surface area (Å²) in [5, 5.41) is 8.77. The first-order chi connectivity index (χ1) is 8.99. The van der Waals surface area contributed by atoms with E-state index in [1.807, 2.05) is 4.90 Å². The molecule has 1 aromatic heterocycles. The molecule has 2 unspecified atom stereocenters. The molecule has 1 aliphatic heterocycles. The smallest absolute Gasteiger partial charge is 0.354 e. The van der Waals surface area contributed by atoms with Gasteiger partial charge >= 0.3 is 5.97 Å². The molecule has 1 saturated heterocycles. The number of nitrogens with zero attached hydrogens (tertiary/aromatic N) is 2. The predicted molar refractivity (Wildman–Crippen MR) is 70.0 cm³/mol. The second-order valence-electron chi connectivity index (χ2n) is 5.23. The van der Waals surface area contributed by atoms with E-state index in [1.165, 1.54) is 18.3 Å². The van der Waals surface area contributed by atoms with Crippen molar-refractivity contribution < 1.29 is 14.7 Å². The minimum Gasteiger partial charge on any atom is -0.477 e. The van der Waals surface area contributed by atoms with Crippen LogP contribution in [0.1, 0.15) is 41.1 Å². The predicted octanol–water partition coefficient (Wildman–Crippen LogP) is 1.90. The van der Waals surface area contributed by atoms with E-state index in [2.05, 4.69) is 18.8 Å². The number of carboxylic acids is 1. The van der Waals surface area contributed by atoms with Gasteiger partial charge in [-0.25, -0.2) is 9.78 Å². The molecule has 1 aliphatic rings. The Hall–Kier alpha value is -1.91. The minimum absolute atomic E-state index is 0.0443. The van der Waals surface area contributed by atoms with Crippen LogP contribution in [-0.4, -0.2) is 40.0 Å². The number of pyridine rings is 1. The first-order valence-corrected chi connectivity index (χ1v) is 6.47. The molecule has 5 nitrogen and oxygen atoms in total. The molecule has 0 radical (unpaired) electrons. The average molecular weight is 262 g/mol. The maximum atomic E-state index is 12.3. The van der Waals surface area contributed by atoms with Crippen LogP contribution < -0.4 is 0 Å². The average Bonchev–Trinajstić information content (AvgIpc) is 2.41. The van der Waals surface area contributed by atoms with Crippen molar-refractivity contribution in [3.05, 3.63) is 29.6 Å². The van der Waals surface area contributed by atoms with Gasteiger partial charge in [0.15, 0.2) is 0 Å². The molecular weight excluding hydrogens is 244 g/mol. The zero-order chi connectivity index (χ0) is 14.0. The maximum Gasteiger partial charge on any atom is 0.354 e. The van der Waals surface area contributed by atoms with Crippen LogP contribution >= 0.6 is 0 Å². The normalized spacial score (nSPS) is 23.2. The van der Waals surface area contributed by atoms with E-state index in [0.29, 0.717) is 17.4 Å². The van der Waals surface area contributed by atoms with E-state index in [-0.39, 0.29) is 11.6 Å². The van der Waals surface area contributed by atoms with Crippen LogP contribution in [0.5, 0.6) is 0 Å². The first-order valence-electron chi connectivity index (χ1n) is 6.47. The molecule has 19 heavy (non-hydrogen) atoms.